The van der Waals surface area contributed by atoms with Crippen LogP contribution in [0, 0.1) is 5.92 Å². The Bertz CT molecular complexity index is 596. The van der Waals surface area contributed by atoms with E-state index >= 15 is 0 Å². The van der Waals surface area contributed by atoms with Crippen molar-refractivity contribution >= 4 is 11.6 Å². The van der Waals surface area contributed by atoms with Crippen molar-refractivity contribution in [3.05, 3.63) is 42.0 Å². The van der Waals surface area contributed by atoms with E-state index in [1.807, 2.05) is 12.1 Å². The molecule has 1 aromatic carbocycles. The van der Waals surface area contributed by atoms with E-state index in [0.717, 1.165) is 30.8 Å². The Labute approximate surface area is 123 Å². The lowest BCUT2D eigenvalue weighted by Crippen LogP contribution is -2.38. The predicted octanol–water partition coefficient (Wildman–Crippen LogP) is 1.14. The molecule has 1 aromatic heterocycles. The van der Waals surface area contributed by atoms with Gasteiger partial charge >= 0.3 is 0 Å². The number of nitrogens with zero attached hydrogens (tertiary/aromatic N) is 2. The van der Waals surface area contributed by atoms with Gasteiger partial charge in [0.05, 0.1) is 5.92 Å². The Kier molecular flexibility index (Phi) is 4.14. The Hall–Kier alpha value is -2.37. The number of aromatic nitrogens is 3. The van der Waals surface area contributed by atoms with E-state index in [9.17, 15) is 4.79 Å². The maximum atomic E-state index is 12.2. The molecule has 6 nitrogen and oxygen atoms in total. The summed E-state index contributed by atoms with van der Waals surface area (Å²) in [4.78, 5) is 16.2. The fourth-order valence-electron chi connectivity index (χ4n) is 2.59. The fourth-order valence-corrected chi connectivity index (χ4v) is 2.59. The summed E-state index contributed by atoms with van der Waals surface area (Å²) in [5, 5.41) is 12.9. The number of amides is 1. The number of para-hydroxylation sites is 1. The van der Waals surface area contributed by atoms with E-state index in [2.05, 4.69) is 37.9 Å². The van der Waals surface area contributed by atoms with Gasteiger partial charge in [-0.2, -0.15) is 5.10 Å². The van der Waals surface area contributed by atoms with Crippen molar-refractivity contribution in [2.24, 2.45) is 5.92 Å². The first kappa shape index (κ1) is 13.6. The second kappa shape index (κ2) is 6.39. The largest absolute Gasteiger partial charge is 0.384 e. The zero-order valence-corrected chi connectivity index (χ0v) is 11.8. The van der Waals surface area contributed by atoms with Crippen molar-refractivity contribution in [3.63, 3.8) is 0 Å². The molecule has 1 unspecified atom stereocenters. The number of hydrogen-bond donors (Lipinski definition) is 3. The van der Waals surface area contributed by atoms with Gasteiger partial charge in [0.15, 0.2) is 0 Å². The van der Waals surface area contributed by atoms with Gasteiger partial charge in [0.1, 0.15) is 12.2 Å². The third-order valence-corrected chi connectivity index (χ3v) is 3.75. The van der Waals surface area contributed by atoms with Crippen molar-refractivity contribution in [1.82, 2.24) is 20.5 Å². The van der Waals surface area contributed by atoms with Crippen LogP contribution in [0.4, 0.5) is 5.69 Å². The number of anilines is 1. The van der Waals surface area contributed by atoms with E-state index < -0.39 is 0 Å². The minimum Gasteiger partial charge on any atom is -0.384 e. The fraction of sp³-hybridized carbons (Fsp3) is 0.400. The molecule has 21 heavy (non-hydrogen) atoms. The van der Waals surface area contributed by atoms with Crippen molar-refractivity contribution in [3.8, 4) is 0 Å². The van der Waals surface area contributed by atoms with E-state index in [1.165, 1.54) is 11.9 Å². The highest BCUT2D eigenvalue weighted by molar-refractivity contribution is 5.80. The third-order valence-electron chi connectivity index (χ3n) is 3.75. The minimum atomic E-state index is 0.00480. The summed E-state index contributed by atoms with van der Waals surface area (Å²) in [5.74, 6) is 0.984. The van der Waals surface area contributed by atoms with E-state index in [0.29, 0.717) is 13.1 Å². The predicted molar refractivity (Wildman–Crippen MR) is 79.8 cm³/mol. The summed E-state index contributed by atoms with van der Waals surface area (Å²) >= 11 is 0. The van der Waals surface area contributed by atoms with Gasteiger partial charge in [-0.05, 0) is 24.5 Å². The molecule has 1 aliphatic rings. The average Bonchev–Trinajstić information content (AvgIpc) is 3.04. The molecule has 1 atom stereocenters. The number of aromatic amines is 1. The van der Waals surface area contributed by atoms with Gasteiger partial charge < -0.3 is 10.6 Å². The molecule has 3 N–H and O–H groups in total. The summed E-state index contributed by atoms with van der Waals surface area (Å²) in [6, 6.07) is 8.15. The van der Waals surface area contributed by atoms with Crippen LogP contribution in [-0.4, -0.2) is 34.2 Å². The maximum Gasteiger partial charge on any atom is 0.225 e. The van der Waals surface area contributed by atoms with Crippen LogP contribution in [0.1, 0.15) is 17.8 Å². The van der Waals surface area contributed by atoms with E-state index in [-0.39, 0.29) is 11.8 Å². The van der Waals surface area contributed by atoms with Crippen LogP contribution in [0.3, 0.4) is 0 Å². The van der Waals surface area contributed by atoms with E-state index in [4.69, 9.17) is 0 Å². The molecule has 0 saturated carbocycles. The highest BCUT2D eigenvalue weighted by Crippen LogP contribution is 2.24. The smallest absolute Gasteiger partial charge is 0.225 e. The lowest BCUT2D eigenvalue weighted by atomic mass is 9.93. The quantitative estimate of drug-likeness (QED) is 0.719. The van der Waals surface area contributed by atoms with Crippen LogP contribution < -0.4 is 10.6 Å². The number of rotatable bonds is 5. The Morgan fingerprint density at radius 1 is 1.38 bits per heavy atom. The molecule has 110 valence electrons. The zero-order chi connectivity index (χ0) is 14.5. The third kappa shape index (κ3) is 3.39. The first-order chi connectivity index (χ1) is 10.3. The second-order valence-electron chi connectivity index (χ2n) is 5.27. The van der Waals surface area contributed by atoms with Gasteiger partial charge in [-0.1, -0.05) is 18.2 Å². The van der Waals surface area contributed by atoms with E-state index in [1.54, 1.807) is 0 Å². The number of fused-ring (bicyclic) bond motifs is 1. The number of benzene rings is 1. The van der Waals surface area contributed by atoms with Crippen LogP contribution in [0.15, 0.2) is 30.6 Å². The van der Waals surface area contributed by atoms with Crippen LogP contribution >= 0.6 is 0 Å². The maximum absolute atomic E-state index is 12.2. The second-order valence-corrected chi connectivity index (χ2v) is 5.27. The lowest BCUT2D eigenvalue weighted by Gasteiger charge is -2.25. The van der Waals surface area contributed by atoms with Gasteiger partial charge in [-0.3, -0.25) is 9.89 Å². The molecule has 1 amide bonds. The highest BCUT2D eigenvalue weighted by atomic mass is 16.1. The molecule has 1 aliphatic heterocycles. The molecule has 0 saturated heterocycles. The molecular formula is C15H19N5O. The van der Waals surface area contributed by atoms with Gasteiger partial charge in [0, 0.05) is 25.2 Å². The van der Waals surface area contributed by atoms with Crippen LogP contribution in [0.25, 0.3) is 0 Å². The number of aryl methyl sites for hydroxylation is 1. The zero-order valence-electron chi connectivity index (χ0n) is 11.8. The summed E-state index contributed by atoms with van der Waals surface area (Å²) < 4.78 is 0. The molecule has 3 rings (SSSR count). The van der Waals surface area contributed by atoms with Gasteiger partial charge in [0.2, 0.25) is 5.91 Å². The molecule has 0 fully saturated rings. The van der Waals surface area contributed by atoms with Crippen molar-refractivity contribution < 1.29 is 4.79 Å². The Balaban J connectivity index is 1.44. The molecule has 6 heteroatoms. The topological polar surface area (TPSA) is 82.7 Å². The number of carbonyl (C=O) groups is 1. The minimum absolute atomic E-state index is 0.00480. The molecule has 0 radical (unpaired) electrons. The highest BCUT2D eigenvalue weighted by Gasteiger charge is 2.23. The van der Waals surface area contributed by atoms with Crippen LogP contribution in [0.2, 0.25) is 0 Å². The normalized spacial score (nSPS) is 16.9. The summed E-state index contributed by atoms with van der Waals surface area (Å²) in [6.45, 7) is 1.36. The van der Waals surface area contributed by atoms with Crippen molar-refractivity contribution in [2.45, 2.75) is 19.3 Å². The average molecular weight is 285 g/mol. The molecule has 2 heterocycles. The summed E-state index contributed by atoms with van der Waals surface area (Å²) in [7, 11) is 0. The number of H-pyrrole nitrogens is 1. The van der Waals surface area contributed by atoms with Crippen LogP contribution in [-0.2, 0) is 17.6 Å². The van der Waals surface area contributed by atoms with Crippen molar-refractivity contribution in [1.29, 1.82) is 0 Å². The standard InChI is InChI=1S/C15H19N5O/c21-15(16-7-3-6-14-18-10-19-20-14)12-8-11-4-1-2-5-13(11)17-9-12/h1-2,4-5,10,12,17H,3,6-9H2,(H,16,21)(H,18,19,20). The molecule has 0 bridgehead atoms. The summed E-state index contributed by atoms with van der Waals surface area (Å²) in [5.41, 5.74) is 2.36. The summed E-state index contributed by atoms with van der Waals surface area (Å²) in [6.07, 6.45) is 3.96. The van der Waals surface area contributed by atoms with Gasteiger partial charge in [-0.15, -0.1) is 0 Å². The van der Waals surface area contributed by atoms with Crippen LogP contribution in [0.5, 0.6) is 0 Å². The molecular weight excluding hydrogens is 266 g/mol. The number of nitrogens with one attached hydrogen (secondary N) is 3. The molecule has 0 aliphatic carbocycles. The number of hydrogen-bond acceptors (Lipinski definition) is 4. The molecule has 0 spiro atoms. The van der Waals surface area contributed by atoms with Crippen molar-refractivity contribution in [2.75, 3.05) is 18.4 Å². The lowest BCUT2D eigenvalue weighted by molar-refractivity contribution is -0.124. The first-order valence-corrected chi connectivity index (χ1v) is 7.26. The first-order valence-electron chi connectivity index (χ1n) is 7.26. The SMILES string of the molecule is O=C(NCCCc1ncn[nH]1)C1CNc2ccccc2C1. The Morgan fingerprint density at radius 3 is 3.14 bits per heavy atom. The monoisotopic (exact) mass is 285 g/mol. The van der Waals surface area contributed by atoms with Gasteiger partial charge in [-0.25, -0.2) is 4.98 Å². The molecule has 2 aromatic rings. The van der Waals surface area contributed by atoms with Gasteiger partial charge in [0.25, 0.3) is 0 Å². The number of carbonyl (C=O) groups excluding carboxylic acids is 1. The Morgan fingerprint density at radius 2 is 2.29 bits per heavy atom.